The molecule has 0 amide bonds. The molecule has 0 N–H and O–H groups in total. The van der Waals surface area contributed by atoms with Crippen molar-refractivity contribution in [3.8, 4) is 0 Å². The minimum Gasteiger partial charge on any atom is -0.394 e. The molecule has 0 saturated carbocycles. The average Bonchev–Trinajstić information content (AvgIpc) is 1.37. The van der Waals surface area contributed by atoms with Crippen molar-refractivity contribution in [2.24, 2.45) is 0 Å². The van der Waals surface area contributed by atoms with E-state index in [9.17, 15) is 0 Å². The van der Waals surface area contributed by atoms with Crippen LogP contribution in [0.4, 0.5) is 0 Å². The molecule has 0 aliphatic heterocycles. The zero-order valence-corrected chi connectivity index (χ0v) is 2.83. The molecule has 0 spiro atoms. The third-order valence-electron chi connectivity index (χ3n) is 0.0630. The van der Waals surface area contributed by atoms with Gasteiger partial charge in [0.2, 0.25) is 0 Å². The lowest BCUT2D eigenvalue weighted by Gasteiger charge is -1.65. The van der Waals surface area contributed by atoms with E-state index in [4.69, 9.17) is 0 Å². The predicted octanol–water partition coefficient (Wildman–Crippen LogP) is 1.30. The van der Waals surface area contributed by atoms with Crippen molar-refractivity contribution in [1.82, 2.24) is 0 Å². The molecular formula is C2H3ClO. The zero-order chi connectivity index (χ0) is 3.41. The molecule has 24 valence electrons. The molecule has 0 heterocycles. The Hall–Kier alpha value is -0.170. The van der Waals surface area contributed by atoms with Gasteiger partial charge in [-0.25, -0.2) is 0 Å². The Morgan fingerprint density at radius 3 is 2.25 bits per heavy atom. The van der Waals surface area contributed by atoms with Crippen LogP contribution in [-0.2, 0) is 4.29 Å². The highest BCUT2D eigenvalue weighted by atomic mass is 35.5. The second-order valence-electron chi connectivity index (χ2n) is 0.256. The quantitative estimate of drug-likeness (QED) is 0.430. The molecule has 0 aliphatic carbocycles. The normalized spacial score (nSPS) is 5.25. The van der Waals surface area contributed by atoms with Gasteiger partial charge >= 0.3 is 0 Å². The van der Waals surface area contributed by atoms with Gasteiger partial charge < -0.3 is 4.29 Å². The summed E-state index contributed by atoms with van der Waals surface area (Å²) in [6.45, 7) is 3.12. The van der Waals surface area contributed by atoms with E-state index in [1.54, 1.807) is 0 Å². The van der Waals surface area contributed by atoms with E-state index in [0.29, 0.717) is 0 Å². The molecule has 4 heavy (non-hydrogen) atoms. The summed E-state index contributed by atoms with van der Waals surface area (Å²) in [6.07, 6.45) is 1.14. The summed E-state index contributed by atoms with van der Waals surface area (Å²) < 4.78 is 3.78. The van der Waals surface area contributed by atoms with Gasteiger partial charge in [-0.2, -0.15) is 0 Å². The number of hydrogen-bond acceptors (Lipinski definition) is 1. The maximum atomic E-state index is 4.57. The molecule has 0 atom stereocenters. The van der Waals surface area contributed by atoms with Crippen LogP contribution in [0.3, 0.4) is 0 Å². The van der Waals surface area contributed by atoms with Crippen LogP contribution < -0.4 is 0 Å². The topological polar surface area (TPSA) is 9.23 Å². The van der Waals surface area contributed by atoms with Gasteiger partial charge in [-0.3, -0.25) is 0 Å². The summed E-state index contributed by atoms with van der Waals surface area (Å²) in [7, 11) is 0. The summed E-state index contributed by atoms with van der Waals surface area (Å²) in [5.74, 6) is 0. The molecule has 0 aromatic heterocycles. The maximum Gasteiger partial charge on any atom is 0.134 e. The summed E-state index contributed by atoms with van der Waals surface area (Å²) in [4.78, 5) is 0. The molecule has 0 unspecified atom stereocenters. The smallest absolute Gasteiger partial charge is 0.134 e. The Labute approximate surface area is 30.0 Å². The third-order valence-corrected chi connectivity index (χ3v) is 0.189. The van der Waals surface area contributed by atoms with Gasteiger partial charge in [-0.05, 0) is 0 Å². The van der Waals surface area contributed by atoms with Crippen molar-refractivity contribution >= 4 is 11.9 Å². The van der Waals surface area contributed by atoms with Crippen molar-refractivity contribution in [3.63, 3.8) is 0 Å². The molecule has 0 aromatic carbocycles. The van der Waals surface area contributed by atoms with Crippen molar-refractivity contribution < 1.29 is 4.29 Å². The first-order chi connectivity index (χ1) is 1.91. The summed E-state index contributed by atoms with van der Waals surface area (Å²) in [5.41, 5.74) is 0. The molecular weight excluding hydrogens is 75.5 g/mol. The summed E-state index contributed by atoms with van der Waals surface area (Å²) >= 11 is 4.57. The van der Waals surface area contributed by atoms with Crippen LogP contribution in [0.25, 0.3) is 0 Å². The fraction of sp³-hybridized carbons (Fsp3) is 0. The third kappa shape index (κ3) is 1.83. The Morgan fingerprint density at radius 2 is 2.25 bits per heavy atom. The van der Waals surface area contributed by atoms with E-state index in [2.05, 4.69) is 22.7 Å². The van der Waals surface area contributed by atoms with Crippen LogP contribution in [0.15, 0.2) is 12.8 Å². The Morgan fingerprint density at radius 1 is 2.00 bits per heavy atom. The van der Waals surface area contributed by atoms with Crippen LogP contribution in [0.1, 0.15) is 0 Å². The highest BCUT2D eigenvalue weighted by molar-refractivity contribution is 6.07. The molecule has 0 aliphatic rings. The van der Waals surface area contributed by atoms with Crippen LogP contribution in [0, 0.1) is 0 Å². The Bertz CT molecular complexity index is 20.0. The fourth-order valence-corrected chi connectivity index (χ4v) is 0. The van der Waals surface area contributed by atoms with Gasteiger partial charge in [0.05, 0.1) is 0 Å². The molecule has 0 aromatic rings. The van der Waals surface area contributed by atoms with Gasteiger partial charge in [0, 0.05) is 0 Å². The number of hydrogen-bond donors (Lipinski definition) is 0. The first-order valence-electron chi connectivity index (χ1n) is 0.798. The predicted molar refractivity (Wildman–Crippen MR) is 17.1 cm³/mol. The summed E-state index contributed by atoms with van der Waals surface area (Å²) in [6, 6.07) is 0. The largest absolute Gasteiger partial charge is 0.394 e. The first-order valence-corrected chi connectivity index (χ1v) is 1.11. The monoisotopic (exact) mass is 78.0 g/mol. The zero-order valence-electron chi connectivity index (χ0n) is 2.07. The van der Waals surface area contributed by atoms with Crippen LogP contribution in [-0.4, -0.2) is 0 Å². The van der Waals surface area contributed by atoms with Crippen molar-refractivity contribution in [2.45, 2.75) is 0 Å². The standard InChI is InChI=1S/C2H3ClO/c1-2-4-3/h2H,1H2. The first kappa shape index (κ1) is 3.83. The molecule has 0 saturated heterocycles. The highest BCUT2D eigenvalue weighted by Gasteiger charge is 1.42. The molecule has 1 nitrogen and oxygen atoms in total. The molecule has 0 radical (unpaired) electrons. The second-order valence-corrected chi connectivity index (χ2v) is 0.434. The SMILES string of the molecule is C=COCl. The summed E-state index contributed by atoms with van der Waals surface area (Å²) in [5, 5.41) is 0. The number of halogens is 1. The van der Waals surface area contributed by atoms with Crippen molar-refractivity contribution in [3.05, 3.63) is 12.8 Å². The lowest BCUT2D eigenvalue weighted by molar-refractivity contribution is 0.540. The van der Waals surface area contributed by atoms with Gasteiger partial charge in [-0.15, -0.1) is 0 Å². The maximum absolute atomic E-state index is 4.57. The lowest BCUT2D eigenvalue weighted by Crippen LogP contribution is -1.38. The van der Waals surface area contributed by atoms with E-state index in [1.807, 2.05) is 0 Å². The van der Waals surface area contributed by atoms with Gasteiger partial charge in [0.25, 0.3) is 0 Å². The Kier molecular flexibility index (Phi) is 2.71. The van der Waals surface area contributed by atoms with Crippen LogP contribution >= 0.6 is 11.9 Å². The van der Waals surface area contributed by atoms with E-state index in [1.165, 1.54) is 0 Å². The minimum absolute atomic E-state index is 1.14. The van der Waals surface area contributed by atoms with Gasteiger partial charge in [0.1, 0.15) is 18.1 Å². The van der Waals surface area contributed by atoms with E-state index in [0.717, 1.165) is 6.26 Å². The highest BCUT2D eigenvalue weighted by Crippen LogP contribution is 1.72. The molecule has 2 heteroatoms. The second kappa shape index (κ2) is 2.83. The molecule has 0 bridgehead atoms. The van der Waals surface area contributed by atoms with Crippen LogP contribution in [0.5, 0.6) is 0 Å². The van der Waals surface area contributed by atoms with Crippen LogP contribution in [0.2, 0.25) is 0 Å². The average molecular weight is 78.5 g/mol. The van der Waals surface area contributed by atoms with Gasteiger partial charge in [0.15, 0.2) is 0 Å². The van der Waals surface area contributed by atoms with Crippen molar-refractivity contribution in [1.29, 1.82) is 0 Å². The van der Waals surface area contributed by atoms with E-state index >= 15 is 0 Å². The lowest BCUT2D eigenvalue weighted by atomic mass is 11.2. The van der Waals surface area contributed by atoms with Crippen molar-refractivity contribution in [2.75, 3.05) is 0 Å². The molecule has 0 fully saturated rings. The molecule has 0 rings (SSSR count). The minimum atomic E-state index is 1.14. The van der Waals surface area contributed by atoms with E-state index < -0.39 is 0 Å². The fourth-order valence-electron chi connectivity index (χ4n) is 0. The number of rotatable bonds is 1. The van der Waals surface area contributed by atoms with Gasteiger partial charge in [-0.1, -0.05) is 6.58 Å². The van der Waals surface area contributed by atoms with E-state index in [-0.39, 0.29) is 0 Å². The Balaban J connectivity index is 2.30.